The van der Waals surface area contributed by atoms with Gasteiger partial charge >= 0.3 is 4.87 Å². The Balaban J connectivity index is 0.994. The Labute approximate surface area is 265 Å². The zero-order valence-corrected chi connectivity index (χ0v) is 26.2. The molecule has 2 saturated heterocycles. The first-order valence-corrected chi connectivity index (χ1v) is 16.2. The molecule has 1 spiro atoms. The number of aliphatic hydroxyl groups is 1. The number of phenolic OH excluding ortho intramolecular Hbond substituents is 1. The van der Waals surface area contributed by atoms with Crippen LogP contribution in [0.3, 0.4) is 0 Å². The van der Waals surface area contributed by atoms with Crippen LogP contribution >= 0.6 is 11.3 Å². The summed E-state index contributed by atoms with van der Waals surface area (Å²) in [5.41, 5.74) is 4.12. The summed E-state index contributed by atoms with van der Waals surface area (Å²) in [6.45, 7) is 6.72. The van der Waals surface area contributed by atoms with Crippen molar-refractivity contribution in [2.24, 2.45) is 0 Å². The van der Waals surface area contributed by atoms with Gasteiger partial charge in [-0.15, -0.1) is 0 Å². The fourth-order valence-electron chi connectivity index (χ4n) is 6.49. The Morgan fingerprint density at radius 1 is 1.13 bits per heavy atom. The van der Waals surface area contributed by atoms with Crippen molar-refractivity contribution in [3.63, 3.8) is 0 Å². The minimum atomic E-state index is -0.870. The molecule has 9 nitrogen and oxygen atoms in total. The normalized spacial score (nSPS) is 17.6. The van der Waals surface area contributed by atoms with Crippen LogP contribution < -0.4 is 10.2 Å². The zero-order chi connectivity index (χ0) is 31.6. The van der Waals surface area contributed by atoms with Crippen molar-refractivity contribution in [3.8, 4) is 5.75 Å². The van der Waals surface area contributed by atoms with Gasteiger partial charge in [-0.1, -0.05) is 41.2 Å². The van der Waals surface area contributed by atoms with Crippen molar-refractivity contribution in [1.82, 2.24) is 20.1 Å². The number of halogens is 1. The molecule has 45 heavy (non-hydrogen) atoms. The van der Waals surface area contributed by atoms with Crippen LogP contribution in [0.25, 0.3) is 10.2 Å². The molecule has 2 aliphatic heterocycles. The lowest BCUT2D eigenvalue weighted by Gasteiger charge is -2.47. The lowest BCUT2D eigenvalue weighted by molar-refractivity contribution is -0.127. The van der Waals surface area contributed by atoms with Gasteiger partial charge in [-0.3, -0.25) is 14.5 Å². The number of piperidine rings is 1. The van der Waals surface area contributed by atoms with Gasteiger partial charge < -0.3 is 30.2 Å². The van der Waals surface area contributed by atoms with Crippen LogP contribution in [0, 0.1) is 12.7 Å². The number of carbonyl (C=O) groups excluding carboxylic acids is 1. The molecule has 2 fully saturated rings. The molecule has 0 bridgehead atoms. The summed E-state index contributed by atoms with van der Waals surface area (Å²) in [7, 11) is 0. The maximum absolute atomic E-state index is 14.6. The maximum Gasteiger partial charge on any atom is 0.305 e. The Morgan fingerprint density at radius 2 is 1.93 bits per heavy atom. The molecule has 0 radical (unpaired) electrons. The molecular weight excluding hydrogens is 595 g/mol. The number of aliphatic hydroxyl groups excluding tert-OH is 1. The van der Waals surface area contributed by atoms with Gasteiger partial charge in [0.05, 0.1) is 29.6 Å². The molecule has 6 rings (SSSR count). The number of aryl methyl sites for hydroxylation is 1. The van der Waals surface area contributed by atoms with E-state index in [2.05, 4.69) is 15.2 Å². The number of likely N-dealkylation sites (tertiary alicyclic amines) is 1. The summed E-state index contributed by atoms with van der Waals surface area (Å²) in [6.07, 6.45) is 1.34. The van der Waals surface area contributed by atoms with Gasteiger partial charge in [0.1, 0.15) is 17.1 Å². The number of ether oxygens (including phenoxy) is 1. The Kier molecular flexibility index (Phi) is 9.34. The molecule has 1 amide bonds. The monoisotopic (exact) mass is 634 g/mol. The van der Waals surface area contributed by atoms with E-state index in [0.29, 0.717) is 60.6 Å². The van der Waals surface area contributed by atoms with Gasteiger partial charge in [-0.2, -0.15) is 0 Å². The first-order chi connectivity index (χ1) is 21.7. The van der Waals surface area contributed by atoms with Crippen molar-refractivity contribution in [2.75, 3.05) is 45.9 Å². The largest absolute Gasteiger partial charge is 0.506 e. The van der Waals surface area contributed by atoms with E-state index in [1.54, 1.807) is 18.2 Å². The molecule has 3 heterocycles. The molecule has 1 aromatic heterocycles. The quantitative estimate of drug-likeness (QED) is 0.205. The SMILES string of the molecule is Cc1cccc(C(=O)N2CCOC3(CCN(Cc4cc(F)cc(CCNC[C@H](O)c5ccc(O)c6[nH]c(=O)sc56)c4)CC3)C2)c1. The van der Waals surface area contributed by atoms with Gasteiger partial charge in [-0.25, -0.2) is 4.39 Å². The van der Waals surface area contributed by atoms with Crippen LogP contribution in [0.5, 0.6) is 5.75 Å². The number of carbonyl (C=O) groups is 1. The number of hydrogen-bond donors (Lipinski definition) is 4. The minimum absolute atomic E-state index is 0.0300. The molecule has 3 aromatic carbocycles. The van der Waals surface area contributed by atoms with E-state index in [1.165, 1.54) is 6.07 Å². The highest BCUT2D eigenvalue weighted by molar-refractivity contribution is 7.16. The number of aromatic nitrogens is 1. The fraction of sp³-hybridized carbons (Fsp3) is 0.412. The topological polar surface area (TPSA) is 118 Å². The lowest BCUT2D eigenvalue weighted by Crippen LogP contribution is -2.57. The number of morpholine rings is 1. The highest BCUT2D eigenvalue weighted by Crippen LogP contribution is 2.33. The van der Waals surface area contributed by atoms with Crippen molar-refractivity contribution in [2.45, 2.75) is 44.4 Å². The summed E-state index contributed by atoms with van der Waals surface area (Å²) < 4.78 is 21.4. The van der Waals surface area contributed by atoms with E-state index in [0.717, 1.165) is 54.0 Å². The second kappa shape index (κ2) is 13.4. The molecule has 0 unspecified atom stereocenters. The predicted octanol–water partition coefficient (Wildman–Crippen LogP) is 4.12. The second-order valence-corrected chi connectivity index (χ2v) is 13.2. The number of aromatic hydroxyl groups is 1. The summed E-state index contributed by atoms with van der Waals surface area (Å²) >= 11 is 0.955. The van der Waals surface area contributed by atoms with Crippen molar-refractivity contribution >= 4 is 27.5 Å². The third-order valence-corrected chi connectivity index (χ3v) is 9.80. The van der Waals surface area contributed by atoms with E-state index < -0.39 is 6.10 Å². The average Bonchev–Trinajstić information content (AvgIpc) is 3.42. The number of rotatable bonds is 9. The zero-order valence-electron chi connectivity index (χ0n) is 25.4. The summed E-state index contributed by atoms with van der Waals surface area (Å²) in [4.78, 5) is 31.5. The number of phenols is 1. The van der Waals surface area contributed by atoms with Crippen LogP contribution in [-0.4, -0.2) is 82.4 Å². The van der Waals surface area contributed by atoms with E-state index in [-0.39, 0.29) is 34.5 Å². The molecule has 0 aliphatic carbocycles. The van der Waals surface area contributed by atoms with Crippen molar-refractivity contribution < 1.29 is 24.1 Å². The number of nitrogens with zero attached hydrogens (tertiary/aromatic N) is 2. The standard InChI is InChI=1S/C34H39FN4O5S/c1-22-3-2-4-25(15-22)32(42)39-13-14-44-34(21-39)8-11-38(12-9-34)20-24-16-23(17-26(35)18-24)7-10-36-19-29(41)27-5-6-28(40)30-31(27)45-33(43)37-30/h2-6,15-18,29,36,40-41H,7-14,19-21H2,1H3,(H,37,43)/t29-/m0/s1. The fourth-order valence-corrected chi connectivity index (χ4v) is 7.41. The summed E-state index contributed by atoms with van der Waals surface area (Å²) in [6, 6.07) is 16.0. The van der Waals surface area contributed by atoms with Gasteiger partial charge in [0.25, 0.3) is 5.91 Å². The molecule has 1 atom stereocenters. The van der Waals surface area contributed by atoms with Crippen LogP contribution in [-0.2, 0) is 17.7 Å². The minimum Gasteiger partial charge on any atom is -0.506 e. The van der Waals surface area contributed by atoms with E-state index >= 15 is 0 Å². The van der Waals surface area contributed by atoms with Gasteiger partial charge in [0.15, 0.2) is 0 Å². The number of benzene rings is 3. The number of fused-ring (bicyclic) bond motifs is 1. The number of nitrogens with one attached hydrogen (secondary N) is 2. The van der Waals surface area contributed by atoms with E-state index in [1.807, 2.05) is 42.2 Å². The highest BCUT2D eigenvalue weighted by Gasteiger charge is 2.41. The molecule has 4 N–H and O–H groups in total. The summed E-state index contributed by atoms with van der Waals surface area (Å²) in [5, 5.41) is 24.0. The van der Waals surface area contributed by atoms with E-state index in [9.17, 15) is 24.2 Å². The first kappa shape index (κ1) is 31.4. The number of hydrogen-bond acceptors (Lipinski definition) is 8. The molecule has 11 heteroatoms. The van der Waals surface area contributed by atoms with Gasteiger partial charge in [0, 0.05) is 43.9 Å². The Hall–Kier alpha value is -3.61. The van der Waals surface area contributed by atoms with Crippen LogP contribution in [0.2, 0.25) is 0 Å². The first-order valence-electron chi connectivity index (χ1n) is 15.4. The van der Waals surface area contributed by atoms with Crippen LogP contribution in [0.1, 0.15) is 51.6 Å². The molecular formula is C34H39FN4O5S. The molecule has 0 saturated carbocycles. The van der Waals surface area contributed by atoms with Gasteiger partial charge in [0.2, 0.25) is 0 Å². The molecule has 4 aromatic rings. The highest BCUT2D eigenvalue weighted by atomic mass is 32.1. The number of thiazole rings is 1. The maximum atomic E-state index is 14.6. The van der Waals surface area contributed by atoms with Crippen molar-refractivity contribution in [3.05, 3.63) is 97.9 Å². The number of amides is 1. The van der Waals surface area contributed by atoms with Crippen LogP contribution in [0.4, 0.5) is 4.39 Å². The molecule has 238 valence electrons. The summed E-state index contributed by atoms with van der Waals surface area (Å²) in [5.74, 6) is -0.250. The number of H-pyrrole nitrogens is 1. The average molecular weight is 635 g/mol. The third kappa shape index (κ3) is 7.29. The van der Waals surface area contributed by atoms with Crippen LogP contribution in [0.15, 0.2) is 59.4 Å². The van der Waals surface area contributed by atoms with Gasteiger partial charge in [-0.05, 0) is 74.2 Å². The third-order valence-electron chi connectivity index (χ3n) is 8.87. The van der Waals surface area contributed by atoms with E-state index in [4.69, 9.17) is 4.74 Å². The smallest absolute Gasteiger partial charge is 0.305 e. The lowest BCUT2D eigenvalue weighted by atomic mass is 9.88. The van der Waals surface area contributed by atoms with Crippen molar-refractivity contribution in [1.29, 1.82) is 0 Å². The Bertz CT molecular complexity index is 1730. The molecule has 2 aliphatic rings. The number of aromatic amines is 1. The second-order valence-electron chi connectivity index (χ2n) is 12.2. The predicted molar refractivity (Wildman–Crippen MR) is 172 cm³/mol. The Morgan fingerprint density at radius 3 is 2.73 bits per heavy atom.